The molecular formula is C15H19F3N2O6S. The van der Waals surface area contributed by atoms with Gasteiger partial charge in [0, 0.05) is 13.1 Å². The fourth-order valence-electron chi connectivity index (χ4n) is 2.32. The van der Waals surface area contributed by atoms with Crippen molar-refractivity contribution in [2.24, 2.45) is 0 Å². The quantitative estimate of drug-likeness (QED) is 0.623. The number of aliphatic hydroxyl groups is 1. The highest BCUT2D eigenvalue weighted by Crippen LogP contribution is 2.34. The van der Waals surface area contributed by atoms with Crippen LogP contribution in [0.1, 0.15) is 13.3 Å². The van der Waals surface area contributed by atoms with E-state index in [9.17, 15) is 36.6 Å². The molecule has 152 valence electrons. The number of rotatable bonds is 5. The predicted molar refractivity (Wildman–Crippen MR) is 87.6 cm³/mol. The highest BCUT2D eigenvalue weighted by molar-refractivity contribution is 7.89. The number of sulfonamides is 1. The van der Waals surface area contributed by atoms with Crippen LogP contribution in [0.2, 0.25) is 0 Å². The Kier molecular flexibility index (Phi) is 6.04. The largest absolute Gasteiger partial charge is 0.506 e. The Morgan fingerprint density at radius 1 is 1.30 bits per heavy atom. The van der Waals surface area contributed by atoms with Crippen molar-refractivity contribution >= 4 is 21.6 Å². The van der Waals surface area contributed by atoms with Crippen LogP contribution < -0.4 is 5.32 Å². The molecule has 1 amide bonds. The van der Waals surface area contributed by atoms with E-state index in [-0.39, 0.29) is 36.9 Å². The number of morpholine rings is 1. The van der Waals surface area contributed by atoms with Crippen molar-refractivity contribution in [3.05, 3.63) is 18.2 Å². The summed E-state index contributed by atoms with van der Waals surface area (Å²) in [5.74, 6) is -1.77. The molecule has 0 aliphatic carbocycles. The van der Waals surface area contributed by atoms with Crippen LogP contribution >= 0.6 is 0 Å². The predicted octanol–water partition coefficient (Wildman–Crippen LogP) is 1.06. The molecule has 1 saturated heterocycles. The van der Waals surface area contributed by atoms with Gasteiger partial charge in [-0.3, -0.25) is 4.79 Å². The van der Waals surface area contributed by atoms with E-state index in [1.54, 1.807) is 0 Å². The molecule has 12 heteroatoms. The van der Waals surface area contributed by atoms with Crippen molar-refractivity contribution < 1.29 is 41.3 Å². The summed E-state index contributed by atoms with van der Waals surface area (Å²) in [4.78, 5) is 11.6. The second-order valence-electron chi connectivity index (χ2n) is 6.19. The van der Waals surface area contributed by atoms with Crippen LogP contribution in [-0.2, 0) is 19.6 Å². The number of hydrogen-bond donors (Lipinski definition) is 3. The molecule has 1 aliphatic rings. The van der Waals surface area contributed by atoms with Gasteiger partial charge in [-0.05, 0) is 25.1 Å². The molecule has 3 N–H and O–H groups in total. The van der Waals surface area contributed by atoms with Gasteiger partial charge in [0.15, 0.2) is 5.60 Å². The highest BCUT2D eigenvalue weighted by Gasteiger charge is 2.51. The smallest absolute Gasteiger partial charge is 0.417 e. The van der Waals surface area contributed by atoms with Crippen LogP contribution in [0.25, 0.3) is 0 Å². The first-order valence-corrected chi connectivity index (χ1v) is 9.28. The topological polar surface area (TPSA) is 116 Å². The number of ether oxygens (including phenoxy) is 1. The first-order valence-electron chi connectivity index (χ1n) is 7.84. The maximum atomic E-state index is 12.7. The molecule has 27 heavy (non-hydrogen) atoms. The van der Waals surface area contributed by atoms with E-state index in [0.717, 1.165) is 22.5 Å². The van der Waals surface area contributed by atoms with E-state index in [2.05, 4.69) is 0 Å². The van der Waals surface area contributed by atoms with Gasteiger partial charge in [-0.1, -0.05) is 0 Å². The normalized spacial score (nSPS) is 18.7. The summed E-state index contributed by atoms with van der Waals surface area (Å²) in [7, 11) is -3.93. The van der Waals surface area contributed by atoms with Crippen molar-refractivity contribution in [3.8, 4) is 5.75 Å². The number of aromatic hydroxyl groups is 1. The lowest BCUT2D eigenvalue weighted by molar-refractivity contribution is -0.252. The van der Waals surface area contributed by atoms with Gasteiger partial charge < -0.3 is 20.3 Å². The van der Waals surface area contributed by atoms with Gasteiger partial charge in [-0.2, -0.15) is 17.5 Å². The third kappa shape index (κ3) is 4.89. The van der Waals surface area contributed by atoms with Crippen molar-refractivity contribution in [1.29, 1.82) is 0 Å². The third-order valence-electron chi connectivity index (χ3n) is 3.97. The minimum absolute atomic E-state index is 0.124. The number of nitrogens with zero attached hydrogens (tertiary/aromatic N) is 1. The number of anilines is 1. The van der Waals surface area contributed by atoms with E-state index in [0.29, 0.717) is 6.92 Å². The van der Waals surface area contributed by atoms with Crippen molar-refractivity contribution in [1.82, 2.24) is 4.31 Å². The van der Waals surface area contributed by atoms with E-state index in [1.807, 2.05) is 5.32 Å². The van der Waals surface area contributed by atoms with Gasteiger partial charge in [-0.15, -0.1) is 0 Å². The van der Waals surface area contributed by atoms with Crippen LogP contribution in [0, 0.1) is 0 Å². The molecule has 8 nitrogen and oxygen atoms in total. The molecule has 1 aromatic rings. The van der Waals surface area contributed by atoms with Crippen molar-refractivity contribution in [2.45, 2.75) is 30.0 Å². The van der Waals surface area contributed by atoms with E-state index >= 15 is 0 Å². The number of alkyl halides is 3. The number of phenols is 1. The van der Waals surface area contributed by atoms with Crippen LogP contribution in [0.5, 0.6) is 5.75 Å². The van der Waals surface area contributed by atoms with E-state index < -0.39 is 39.9 Å². The molecule has 0 bridgehead atoms. The first-order chi connectivity index (χ1) is 12.3. The number of nitrogens with one attached hydrogen (secondary N) is 1. The lowest BCUT2D eigenvalue weighted by Gasteiger charge is -2.26. The number of carbonyl (C=O) groups excluding carboxylic acids is 1. The zero-order valence-electron chi connectivity index (χ0n) is 14.3. The van der Waals surface area contributed by atoms with Crippen molar-refractivity contribution in [2.75, 3.05) is 31.6 Å². The maximum absolute atomic E-state index is 12.7. The van der Waals surface area contributed by atoms with Crippen LogP contribution in [0.4, 0.5) is 18.9 Å². The SMILES string of the molecule is CC(O)(CC(=O)Nc1cc(S(=O)(=O)N2CCOCC2)ccc1O)C(F)(F)F. The zero-order valence-corrected chi connectivity index (χ0v) is 15.1. The maximum Gasteiger partial charge on any atom is 0.417 e. The summed E-state index contributed by atoms with van der Waals surface area (Å²) >= 11 is 0. The Labute approximate surface area is 153 Å². The number of benzene rings is 1. The Balaban J connectivity index is 2.21. The number of amides is 1. The number of phenolic OH excluding ortho intramolecular Hbond substituents is 1. The van der Waals surface area contributed by atoms with Gasteiger partial charge in [0.1, 0.15) is 5.75 Å². The van der Waals surface area contributed by atoms with E-state index in [1.165, 1.54) is 0 Å². The zero-order chi connectivity index (χ0) is 20.5. The van der Waals surface area contributed by atoms with Crippen LogP contribution in [-0.4, -0.2) is 66.9 Å². The summed E-state index contributed by atoms with van der Waals surface area (Å²) in [6.45, 7) is 1.12. The lowest BCUT2D eigenvalue weighted by Crippen LogP contribution is -2.44. The van der Waals surface area contributed by atoms with Gasteiger partial charge in [0.2, 0.25) is 15.9 Å². The average molecular weight is 412 g/mol. The minimum atomic E-state index is -5.03. The first kappa shape index (κ1) is 21.4. The molecule has 1 fully saturated rings. The van der Waals surface area contributed by atoms with Gasteiger partial charge in [0.25, 0.3) is 0 Å². The summed E-state index contributed by atoms with van der Waals surface area (Å²) in [5.41, 5.74) is -3.66. The summed E-state index contributed by atoms with van der Waals surface area (Å²) in [6, 6.07) is 3.06. The minimum Gasteiger partial charge on any atom is -0.506 e. The summed E-state index contributed by atoms with van der Waals surface area (Å²) in [6.07, 6.45) is -6.36. The van der Waals surface area contributed by atoms with Gasteiger partial charge in [-0.25, -0.2) is 8.42 Å². The molecule has 0 saturated carbocycles. The molecule has 1 aromatic carbocycles. The van der Waals surface area contributed by atoms with Crippen LogP contribution in [0.15, 0.2) is 23.1 Å². The standard InChI is InChI=1S/C15H19F3N2O6S/c1-14(23,15(16,17)18)9-13(22)19-11-8-10(2-3-12(11)21)27(24,25)20-4-6-26-7-5-20/h2-3,8,21,23H,4-7,9H2,1H3,(H,19,22). The molecule has 0 aromatic heterocycles. The molecule has 0 radical (unpaired) electrons. The number of carbonyl (C=O) groups is 1. The molecule has 2 rings (SSSR count). The molecule has 1 heterocycles. The fourth-order valence-corrected chi connectivity index (χ4v) is 3.75. The Morgan fingerprint density at radius 3 is 2.44 bits per heavy atom. The Bertz CT molecular complexity index is 804. The molecular weight excluding hydrogens is 393 g/mol. The Hall–Kier alpha value is -1.89. The fraction of sp³-hybridized carbons (Fsp3) is 0.533. The van der Waals surface area contributed by atoms with E-state index in [4.69, 9.17) is 4.74 Å². The van der Waals surface area contributed by atoms with Crippen molar-refractivity contribution in [3.63, 3.8) is 0 Å². The summed E-state index contributed by atoms with van der Waals surface area (Å²) in [5, 5.41) is 21.1. The number of hydrogen-bond acceptors (Lipinski definition) is 6. The second kappa shape index (κ2) is 7.62. The van der Waals surface area contributed by atoms with Gasteiger partial charge in [0.05, 0.1) is 30.2 Å². The number of halogens is 3. The summed E-state index contributed by atoms with van der Waals surface area (Å²) < 4.78 is 69.4. The highest BCUT2D eigenvalue weighted by atomic mass is 32.2. The molecule has 1 atom stereocenters. The second-order valence-corrected chi connectivity index (χ2v) is 8.13. The van der Waals surface area contributed by atoms with Crippen LogP contribution in [0.3, 0.4) is 0 Å². The molecule has 0 spiro atoms. The Morgan fingerprint density at radius 2 is 1.89 bits per heavy atom. The monoisotopic (exact) mass is 412 g/mol. The third-order valence-corrected chi connectivity index (χ3v) is 5.86. The molecule has 1 aliphatic heterocycles. The average Bonchev–Trinajstić information content (AvgIpc) is 2.56. The lowest BCUT2D eigenvalue weighted by atomic mass is 10.0. The molecule has 1 unspecified atom stereocenters. The van der Waals surface area contributed by atoms with Gasteiger partial charge >= 0.3 is 6.18 Å².